The molecule has 2 aromatic carbocycles. The molecular weight excluding hydrogens is 566 g/mol. The van der Waals surface area contributed by atoms with Gasteiger partial charge in [0.2, 0.25) is 0 Å². The van der Waals surface area contributed by atoms with Crippen molar-refractivity contribution in [1.29, 1.82) is 5.26 Å². The number of rotatable bonds is 9. The molecular formula is C29H34Cl2F3N3O3. The molecule has 1 amide bonds. The number of nitriles is 1. The van der Waals surface area contributed by atoms with Gasteiger partial charge in [-0.2, -0.15) is 18.4 Å². The molecule has 11 heteroatoms. The molecule has 0 aliphatic heterocycles. The van der Waals surface area contributed by atoms with Crippen LogP contribution in [-0.2, 0) is 10.2 Å². The molecule has 0 bridgehead atoms. The molecule has 0 atom stereocenters. The molecule has 0 spiro atoms. The summed E-state index contributed by atoms with van der Waals surface area (Å²) in [5.41, 5.74) is 2.08. The molecule has 0 saturated carbocycles. The monoisotopic (exact) mass is 599 g/mol. The van der Waals surface area contributed by atoms with Crippen molar-refractivity contribution in [2.45, 2.75) is 52.6 Å². The van der Waals surface area contributed by atoms with Gasteiger partial charge in [-0.1, -0.05) is 57.8 Å². The van der Waals surface area contributed by atoms with Crippen LogP contribution in [0.4, 0.5) is 13.2 Å². The van der Waals surface area contributed by atoms with Gasteiger partial charge in [-0.15, -0.1) is 11.6 Å². The Kier molecular flexibility index (Phi) is 14.0. The van der Waals surface area contributed by atoms with Gasteiger partial charge in [0.25, 0.3) is 0 Å². The van der Waals surface area contributed by atoms with E-state index in [1.165, 1.54) is 19.5 Å². The molecule has 0 aliphatic carbocycles. The van der Waals surface area contributed by atoms with Gasteiger partial charge in [0.15, 0.2) is 5.75 Å². The number of carbonyl (C=O) groups excluding carboxylic acids is 1. The predicted octanol–water partition coefficient (Wildman–Crippen LogP) is 7.60. The van der Waals surface area contributed by atoms with E-state index in [9.17, 15) is 23.2 Å². The van der Waals surface area contributed by atoms with Crippen LogP contribution in [0.2, 0.25) is 5.02 Å². The number of hydrogen-bond donors (Lipinski definition) is 1. The number of aliphatic imine (C=N–C) groups is 1. The van der Waals surface area contributed by atoms with Crippen molar-refractivity contribution in [1.82, 2.24) is 5.32 Å². The Bertz CT molecular complexity index is 1240. The number of carbonyl (C=O) groups is 1. The van der Waals surface area contributed by atoms with E-state index in [4.69, 9.17) is 32.7 Å². The van der Waals surface area contributed by atoms with E-state index < -0.39 is 17.5 Å². The molecule has 0 unspecified atom stereocenters. The number of amidine groups is 1. The third-order valence-corrected chi connectivity index (χ3v) is 5.81. The minimum Gasteiger partial charge on any atom is -0.489 e. The highest BCUT2D eigenvalue weighted by Crippen LogP contribution is 2.38. The standard InChI is InChI=1S/C26H26Cl2F3N3O3.C3H8/c1-16(11-22(33-4)34-24(35)26(29,30)31)15-37-20-7-5-18(6-8-20)25(2,3)19-12-17(14-32)23(21(28)13-19)36-10-9-27;1-3-2/h5-8,11-13H,9-10,15H2,1-4H3,(H,33,34,35);3H2,1-2H3/b16-11+;. The molecule has 0 radical (unpaired) electrons. The van der Waals surface area contributed by atoms with Crippen LogP contribution in [0, 0.1) is 11.3 Å². The summed E-state index contributed by atoms with van der Waals surface area (Å²) in [6.45, 7) is 10.2. The van der Waals surface area contributed by atoms with Gasteiger partial charge in [-0.3, -0.25) is 9.79 Å². The van der Waals surface area contributed by atoms with Gasteiger partial charge in [-0.25, -0.2) is 0 Å². The second-order valence-electron chi connectivity index (χ2n) is 9.18. The number of amides is 1. The SMILES string of the molecule is CCC.CN=C(/C=C(\C)COc1ccc(C(C)(C)c2cc(Cl)c(OCCCl)c(C#N)c2)cc1)NC(=O)C(F)(F)F. The maximum Gasteiger partial charge on any atom is 0.471 e. The lowest BCUT2D eigenvalue weighted by Crippen LogP contribution is -2.40. The van der Waals surface area contributed by atoms with Gasteiger partial charge >= 0.3 is 12.1 Å². The van der Waals surface area contributed by atoms with Crippen molar-refractivity contribution in [2.24, 2.45) is 4.99 Å². The first-order chi connectivity index (χ1) is 18.7. The van der Waals surface area contributed by atoms with Gasteiger partial charge in [-0.05, 0) is 54.0 Å². The van der Waals surface area contributed by atoms with Crippen LogP contribution in [0.25, 0.3) is 0 Å². The first kappa shape index (κ1) is 34.8. The van der Waals surface area contributed by atoms with Gasteiger partial charge in [0, 0.05) is 12.5 Å². The Hall–Kier alpha value is -3.22. The Morgan fingerprint density at radius 2 is 1.73 bits per heavy atom. The quantitative estimate of drug-likeness (QED) is 0.183. The molecule has 0 aromatic heterocycles. The van der Waals surface area contributed by atoms with Crippen molar-refractivity contribution in [3.63, 3.8) is 0 Å². The minimum absolute atomic E-state index is 0.0640. The van der Waals surface area contributed by atoms with Crippen LogP contribution in [0.15, 0.2) is 53.0 Å². The van der Waals surface area contributed by atoms with Crippen LogP contribution in [0.3, 0.4) is 0 Å². The first-order valence-electron chi connectivity index (χ1n) is 12.4. The number of benzene rings is 2. The molecule has 0 fully saturated rings. The molecule has 2 aromatic rings. The highest BCUT2D eigenvalue weighted by molar-refractivity contribution is 6.32. The first-order valence-corrected chi connectivity index (χ1v) is 13.3. The molecule has 0 aliphatic rings. The Morgan fingerprint density at radius 3 is 2.23 bits per heavy atom. The summed E-state index contributed by atoms with van der Waals surface area (Å²) in [4.78, 5) is 14.8. The van der Waals surface area contributed by atoms with Gasteiger partial charge in [0.05, 0.1) is 16.5 Å². The van der Waals surface area contributed by atoms with Crippen LogP contribution in [0.1, 0.15) is 57.7 Å². The number of ether oxygens (including phenoxy) is 2. The zero-order chi connectivity index (χ0) is 30.5. The average Bonchev–Trinajstić information content (AvgIpc) is 2.90. The maximum atomic E-state index is 12.5. The summed E-state index contributed by atoms with van der Waals surface area (Å²) in [5.74, 6) is -1.24. The smallest absolute Gasteiger partial charge is 0.471 e. The van der Waals surface area contributed by atoms with E-state index in [0.29, 0.717) is 27.7 Å². The molecule has 0 saturated heterocycles. The summed E-state index contributed by atoms with van der Waals surface area (Å²) in [7, 11) is 1.27. The van der Waals surface area contributed by atoms with Crippen molar-refractivity contribution >= 4 is 34.9 Å². The lowest BCUT2D eigenvalue weighted by Gasteiger charge is -2.27. The molecule has 2 rings (SSSR count). The average molecular weight is 601 g/mol. The molecule has 218 valence electrons. The highest BCUT2D eigenvalue weighted by atomic mass is 35.5. The molecule has 40 heavy (non-hydrogen) atoms. The minimum atomic E-state index is -5.01. The fourth-order valence-electron chi connectivity index (χ4n) is 3.28. The Labute approximate surface area is 243 Å². The Morgan fingerprint density at radius 1 is 1.12 bits per heavy atom. The van der Waals surface area contributed by atoms with E-state index in [1.807, 2.05) is 26.0 Å². The second kappa shape index (κ2) is 16.1. The largest absolute Gasteiger partial charge is 0.489 e. The molecule has 6 nitrogen and oxygen atoms in total. The van der Waals surface area contributed by atoms with Gasteiger partial charge < -0.3 is 14.8 Å². The fourth-order valence-corrected chi connectivity index (χ4v) is 3.63. The second-order valence-corrected chi connectivity index (χ2v) is 9.97. The van der Waals surface area contributed by atoms with Crippen molar-refractivity contribution < 1.29 is 27.4 Å². The predicted molar refractivity (Wildman–Crippen MR) is 154 cm³/mol. The van der Waals surface area contributed by atoms with E-state index >= 15 is 0 Å². The topological polar surface area (TPSA) is 83.7 Å². The third kappa shape index (κ3) is 10.4. The van der Waals surface area contributed by atoms with Crippen LogP contribution in [0.5, 0.6) is 11.5 Å². The van der Waals surface area contributed by atoms with Crippen LogP contribution < -0.4 is 14.8 Å². The maximum absolute atomic E-state index is 12.5. The summed E-state index contributed by atoms with van der Waals surface area (Å²) >= 11 is 12.1. The van der Waals surface area contributed by atoms with E-state index in [-0.39, 0.29) is 24.9 Å². The van der Waals surface area contributed by atoms with E-state index in [2.05, 4.69) is 24.9 Å². The highest BCUT2D eigenvalue weighted by Gasteiger charge is 2.39. The third-order valence-electron chi connectivity index (χ3n) is 5.37. The Balaban J connectivity index is 0.00000254. The van der Waals surface area contributed by atoms with E-state index in [0.717, 1.165) is 11.1 Å². The van der Waals surface area contributed by atoms with Crippen LogP contribution >= 0.6 is 23.2 Å². The number of nitrogens with zero attached hydrogens (tertiary/aromatic N) is 2. The van der Waals surface area contributed by atoms with Crippen molar-refractivity contribution in [3.05, 3.63) is 69.8 Å². The normalized spacial score (nSPS) is 12.2. The number of hydrogen-bond acceptors (Lipinski definition) is 5. The zero-order valence-electron chi connectivity index (χ0n) is 23.4. The van der Waals surface area contributed by atoms with E-state index in [1.54, 1.807) is 36.5 Å². The lowest BCUT2D eigenvalue weighted by molar-refractivity contribution is -0.171. The zero-order valence-corrected chi connectivity index (χ0v) is 24.9. The van der Waals surface area contributed by atoms with Crippen molar-refractivity contribution in [2.75, 3.05) is 26.1 Å². The summed E-state index contributed by atoms with van der Waals surface area (Å²) < 4.78 is 48.6. The summed E-state index contributed by atoms with van der Waals surface area (Å²) in [6, 6.07) is 12.9. The molecule has 0 heterocycles. The summed E-state index contributed by atoms with van der Waals surface area (Å²) in [6.07, 6.45) is -2.45. The summed E-state index contributed by atoms with van der Waals surface area (Å²) in [5, 5.41) is 11.6. The number of halogens is 5. The van der Waals surface area contributed by atoms with Crippen molar-refractivity contribution in [3.8, 4) is 17.6 Å². The van der Waals surface area contributed by atoms with Crippen LogP contribution in [-0.4, -0.2) is 44.1 Å². The van der Waals surface area contributed by atoms with Gasteiger partial charge in [0.1, 0.15) is 30.9 Å². The molecule has 1 N–H and O–H groups in total. The number of alkyl halides is 4. The number of nitrogens with one attached hydrogen (secondary N) is 1. The lowest BCUT2D eigenvalue weighted by atomic mass is 9.77. The fraction of sp³-hybridized carbons (Fsp3) is 0.414.